The van der Waals surface area contributed by atoms with Crippen LogP contribution in [0.2, 0.25) is 0 Å². The van der Waals surface area contributed by atoms with Gasteiger partial charge in [0.2, 0.25) is 0 Å². The molecule has 0 saturated heterocycles. The van der Waals surface area contributed by atoms with Crippen LogP contribution in [0.25, 0.3) is 0 Å². The van der Waals surface area contributed by atoms with Crippen LogP contribution in [0.4, 0.5) is 4.39 Å². The predicted octanol–water partition coefficient (Wildman–Crippen LogP) is 3.13. The van der Waals surface area contributed by atoms with E-state index < -0.39 is 6.17 Å². The molecule has 0 N–H and O–H groups in total. The third kappa shape index (κ3) is 3.09. The van der Waals surface area contributed by atoms with Crippen molar-refractivity contribution in [2.75, 3.05) is 0 Å². The largest absolute Gasteiger partial charge is 0.303 e. The van der Waals surface area contributed by atoms with Gasteiger partial charge in [-0.15, -0.1) is 0 Å². The molecule has 0 amide bonds. The molecule has 1 fully saturated rings. The summed E-state index contributed by atoms with van der Waals surface area (Å²) in [5.41, 5.74) is 0. The summed E-state index contributed by atoms with van der Waals surface area (Å²) >= 11 is 0. The average molecular weight is 186 g/mol. The average Bonchev–Trinajstić information content (AvgIpc) is 2.15. The molecule has 76 valence electrons. The third-order valence-electron chi connectivity index (χ3n) is 3.21. The molecule has 1 rings (SSSR count). The molecule has 1 aliphatic rings. The lowest BCUT2D eigenvalue weighted by molar-refractivity contribution is -0.109. The number of carbonyl (C=O) groups excluding carboxylic acids is 1. The Balaban J connectivity index is 2.46. The van der Waals surface area contributed by atoms with Gasteiger partial charge in [0.15, 0.2) is 0 Å². The molecule has 13 heavy (non-hydrogen) atoms. The predicted molar refractivity (Wildman–Crippen MR) is 51.3 cm³/mol. The highest BCUT2D eigenvalue weighted by atomic mass is 19.1. The van der Waals surface area contributed by atoms with Gasteiger partial charge in [-0.2, -0.15) is 0 Å². The molecule has 0 aromatic heterocycles. The lowest BCUT2D eigenvalue weighted by atomic mass is 9.77. The molecule has 0 aliphatic heterocycles. The van der Waals surface area contributed by atoms with Gasteiger partial charge in [0.25, 0.3) is 0 Å². The molecule has 1 saturated carbocycles. The summed E-state index contributed by atoms with van der Waals surface area (Å²) in [4.78, 5) is 10.4. The van der Waals surface area contributed by atoms with Gasteiger partial charge in [-0.25, -0.2) is 4.39 Å². The summed E-state index contributed by atoms with van der Waals surface area (Å²) in [5, 5.41) is 0. The zero-order chi connectivity index (χ0) is 9.68. The first-order chi connectivity index (χ1) is 6.25. The van der Waals surface area contributed by atoms with Gasteiger partial charge >= 0.3 is 0 Å². The first kappa shape index (κ1) is 10.7. The monoisotopic (exact) mass is 186 g/mol. The quantitative estimate of drug-likeness (QED) is 0.616. The smallest absolute Gasteiger partial charge is 0.120 e. The fourth-order valence-corrected chi connectivity index (χ4v) is 2.43. The van der Waals surface area contributed by atoms with Crippen molar-refractivity contribution >= 4 is 6.29 Å². The van der Waals surface area contributed by atoms with E-state index in [-0.39, 0.29) is 5.92 Å². The first-order valence-corrected chi connectivity index (χ1v) is 5.33. The van der Waals surface area contributed by atoms with E-state index in [0.29, 0.717) is 12.3 Å². The van der Waals surface area contributed by atoms with Crippen LogP contribution >= 0.6 is 0 Å². The summed E-state index contributed by atoms with van der Waals surface area (Å²) < 4.78 is 13.2. The number of carbonyl (C=O) groups is 1. The van der Waals surface area contributed by atoms with Crippen LogP contribution in [0.15, 0.2) is 0 Å². The van der Waals surface area contributed by atoms with E-state index in [2.05, 4.69) is 0 Å². The van der Waals surface area contributed by atoms with Gasteiger partial charge in [0.05, 0.1) is 0 Å². The zero-order valence-corrected chi connectivity index (χ0v) is 8.34. The second-order valence-electron chi connectivity index (χ2n) is 4.14. The van der Waals surface area contributed by atoms with Crippen LogP contribution in [0.1, 0.15) is 45.4 Å². The molecule has 0 radical (unpaired) electrons. The highest BCUT2D eigenvalue weighted by molar-refractivity contribution is 5.49. The summed E-state index contributed by atoms with van der Waals surface area (Å²) in [6.07, 6.45) is 6.40. The molecule has 2 atom stereocenters. The van der Waals surface area contributed by atoms with E-state index >= 15 is 0 Å². The molecule has 0 aromatic rings. The van der Waals surface area contributed by atoms with Gasteiger partial charge in [0.1, 0.15) is 12.5 Å². The van der Waals surface area contributed by atoms with Gasteiger partial charge in [-0.3, -0.25) is 0 Å². The molecule has 1 nitrogen and oxygen atoms in total. The minimum atomic E-state index is -0.826. The molecule has 0 aromatic carbocycles. The van der Waals surface area contributed by atoms with Gasteiger partial charge in [-0.1, -0.05) is 32.1 Å². The van der Waals surface area contributed by atoms with Gasteiger partial charge in [-0.05, 0) is 18.8 Å². The number of hydrogen-bond acceptors (Lipinski definition) is 1. The van der Waals surface area contributed by atoms with E-state index in [9.17, 15) is 9.18 Å². The number of halogens is 1. The van der Waals surface area contributed by atoms with Crippen LogP contribution in [-0.2, 0) is 4.79 Å². The maximum atomic E-state index is 13.2. The van der Waals surface area contributed by atoms with E-state index in [1.807, 2.05) is 0 Å². The Morgan fingerprint density at radius 2 is 2.00 bits per heavy atom. The molecule has 0 bridgehead atoms. The van der Waals surface area contributed by atoms with Crippen LogP contribution in [0, 0.1) is 11.8 Å². The first-order valence-electron chi connectivity index (χ1n) is 5.33. The van der Waals surface area contributed by atoms with E-state index in [0.717, 1.165) is 19.1 Å². The number of aldehydes is 1. The molecule has 1 aliphatic carbocycles. The maximum Gasteiger partial charge on any atom is 0.120 e. The van der Waals surface area contributed by atoms with Gasteiger partial charge in [0, 0.05) is 6.42 Å². The lowest BCUT2D eigenvalue weighted by Gasteiger charge is -2.30. The maximum absolute atomic E-state index is 13.2. The van der Waals surface area contributed by atoms with Crippen molar-refractivity contribution in [2.45, 2.75) is 51.6 Å². The highest BCUT2D eigenvalue weighted by Gasteiger charge is 2.27. The van der Waals surface area contributed by atoms with Crippen molar-refractivity contribution in [1.82, 2.24) is 0 Å². The van der Waals surface area contributed by atoms with Crippen molar-refractivity contribution in [3.8, 4) is 0 Å². The second kappa shape index (κ2) is 5.36. The number of rotatable bonds is 4. The van der Waals surface area contributed by atoms with Gasteiger partial charge < -0.3 is 4.79 Å². The van der Waals surface area contributed by atoms with Crippen molar-refractivity contribution in [1.29, 1.82) is 0 Å². The molecular formula is C11H19FO. The van der Waals surface area contributed by atoms with Crippen molar-refractivity contribution in [2.24, 2.45) is 11.8 Å². The molecule has 0 spiro atoms. The Labute approximate surface area is 79.7 Å². The standard InChI is InChI=1S/C11H19FO/c1-9(12)11(7-8-13)10-5-3-2-4-6-10/h8-11H,2-7H2,1H3. The summed E-state index contributed by atoms with van der Waals surface area (Å²) in [6.45, 7) is 1.59. The Bertz CT molecular complexity index is 150. The number of alkyl halides is 1. The SMILES string of the molecule is CC(F)C(CC=O)C1CCCCC1. The summed E-state index contributed by atoms with van der Waals surface area (Å²) in [6, 6.07) is 0. The number of hydrogen-bond donors (Lipinski definition) is 0. The molecule has 0 heterocycles. The minimum absolute atomic E-state index is 0.0159. The molecular weight excluding hydrogens is 167 g/mol. The molecule has 2 heteroatoms. The Hall–Kier alpha value is -0.400. The van der Waals surface area contributed by atoms with Crippen molar-refractivity contribution < 1.29 is 9.18 Å². The Morgan fingerprint density at radius 3 is 2.46 bits per heavy atom. The minimum Gasteiger partial charge on any atom is -0.303 e. The van der Waals surface area contributed by atoms with Crippen LogP contribution in [-0.4, -0.2) is 12.5 Å². The topological polar surface area (TPSA) is 17.1 Å². The Kier molecular flexibility index (Phi) is 4.40. The summed E-state index contributed by atoms with van der Waals surface area (Å²) in [7, 11) is 0. The summed E-state index contributed by atoms with van der Waals surface area (Å²) in [5.74, 6) is 0.441. The van der Waals surface area contributed by atoms with Crippen molar-refractivity contribution in [3.63, 3.8) is 0 Å². The van der Waals surface area contributed by atoms with Crippen LogP contribution in [0.3, 0.4) is 0 Å². The van der Waals surface area contributed by atoms with E-state index in [1.165, 1.54) is 19.3 Å². The fourth-order valence-electron chi connectivity index (χ4n) is 2.43. The van der Waals surface area contributed by atoms with E-state index in [4.69, 9.17) is 0 Å². The van der Waals surface area contributed by atoms with Crippen LogP contribution in [0.5, 0.6) is 0 Å². The molecule has 2 unspecified atom stereocenters. The zero-order valence-electron chi connectivity index (χ0n) is 8.34. The van der Waals surface area contributed by atoms with Crippen molar-refractivity contribution in [3.05, 3.63) is 0 Å². The van der Waals surface area contributed by atoms with Crippen LogP contribution < -0.4 is 0 Å². The lowest BCUT2D eigenvalue weighted by Crippen LogP contribution is -2.25. The van der Waals surface area contributed by atoms with E-state index in [1.54, 1.807) is 6.92 Å². The Morgan fingerprint density at radius 1 is 1.38 bits per heavy atom. The third-order valence-corrected chi connectivity index (χ3v) is 3.21. The fraction of sp³-hybridized carbons (Fsp3) is 0.909. The second-order valence-corrected chi connectivity index (χ2v) is 4.14. The highest BCUT2D eigenvalue weighted by Crippen LogP contribution is 2.34. The normalized spacial score (nSPS) is 23.8.